The van der Waals surface area contributed by atoms with Crippen molar-refractivity contribution in [3.8, 4) is 0 Å². The topological polar surface area (TPSA) is 74.7 Å². The van der Waals surface area contributed by atoms with Gasteiger partial charge in [0.2, 0.25) is 10.0 Å². The molecule has 3 rings (SSSR count). The standard InChI is InChI=1S/C16H17NO4S/c1-16(15(18)19)8-9-17(11-16)22(20,21)14-7-6-12-4-2-3-5-13(12)10-14/h2-7,10H,8-9,11H2,1H3,(H,18,19). The van der Waals surface area contributed by atoms with Crippen LogP contribution >= 0.6 is 0 Å². The van der Waals surface area contributed by atoms with Gasteiger partial charge in [-0.05, 0) is 36.2 Å². The number of hydrogen-bond acceptors (Lipinski definition) is 3. The van der Waals surface area contributed by atoms with Crippen molar-refractivity contribution in [3.05, 3.63) is 42.5 Å². The molecule has 1 atom stereocenters. The summed E-state index contributed by atoms with van der Waals surface area (Å²) in [7, 11) is -3.66. The van der Waals surface area contributed by atoms with Crippen LogP contribution in [0.5, 0.6) is 0 Å². The summed E-state index contributed by atoms with van der Waals surface area (Å²) < 4.78 is 26.7. The van der Waals surface area contributed by atoms with Crippen molar-refractivity contribution in [3.63, 3.8) is 0 Å². The molecule has 2 aromatic rings. The van der Waals surface area contributed by atoms with Gasteiger partial charge < -0.3 is 5.11 Å². The number of sulfonamides is 1. The van der Waals surface area contributed by atoms with Gasteiger partial charge in [-0.1, -0.05) is 30.3 Å². The van der Waals surface area contributed by atoms with E-state index in [2.05, 4.69) is 0 Å². The van der Waals surface area contributed by atoms with E-state index < -0.39 is 21.4 Å². The van der Waals surface area contributed by atoms with Crippen LogP contribution in [0.3, 0.4) is 0 Å². The molecule has 1 aliphatic rings. The van der Waals surface area contributed by atoms with Crippen LogP contribution in [0.1, 0.15) is 13.3 Å². The van der Waals surface area contributed by atoms with Crippen molar-refractivity contribution in [1.29, 1.82) is 0 Å². The zero-order valence-electron chi connectivity index (χ0n) is 12.2. The second kappa shape index (κ2) is 5.07. The second-order valence-electron chi connectivity index (χ2n) is 5.96. The fourth-order valence-electron chi connectivity index (χ4n) is 2.78. The number of benzene rings is 2. The van der Waals surface area contributed by atoms with E-state index in [0.717, 1.165) is 10.8 Å². The lowest BCUT2D eigenvalue weighted by Crippen LogP contribution is -2.34. The molecular formula is C16H17NO4S. The molecule has 0 amide bonds. The van der Waals surface area contributed by atoms with Crippen LogP contribution in [0.4, 0.5) is 0 Å². The van der Waals surface area contributed by atoms with E-state index in [4.69, 9.17) is 0 Å². The molecule has 0 saturated carbocycles. The minimum absolute atomic E-state index is 0.0114. The molecule has 5 nitrogen and oxygen atoms in total. The third-order valence-corrected chi connectivity index (χ3v) is 6.15. The van der Waals surface area contributed by atoms with Gasteiger partial charge in [-0.3, -0.25) is 4.79 Å². The number of aliphatic carboxylic acids is 1. The SMILES string of the molecule is CC1(C(=O)O)CCN(S(=O)(=O)c2ccc3ccccc3c2)C1. The molecule has 0 spiro atoms. The van der Waals surface area contributed by atoms with Gasteiger partial charge in [0.25, 0.3) is 0 Å². The number of carboxylic acids is 1. The van der Waals surface area contributed by atoms with Gasteiger partial charge in [0, 0.05) is 13.1 Å². The van der Waals surface area contributed by atoms with E-state index in [1.54, 1.807) is 25.1 Å². The van der Waals surface area contributed by atoms with E-state index >= 15 is 0 Å². The van der Waals surface area contributed by atoms with Gasteiger partial charge in [-0.2, -0.15) is 4.31 Å². The first-order chi connectivity index (χ1) is 10.3. The molecule has 1 unspecified atom stereocenters. The Labute approximate surface area is 129 Å². The van der Waals surface area contributed by atoms with Gasteiger partial charge in [-0.15, -0.1) is 0 Å². The van der Waals surface area contributed by atoms with E-state index in [9.17, 15) is 18.3 Å². The van der Waals surface area contributed by atoms with Crippen molar-refractivity contribution in [2.24, 2.45) is 5.41 Å². The fourth-order valence-corrected chi connectivity index (χ4v) is 4.38. The van der Waals surface area contributed by atoms with E-state index in [1.165, 1.54) is 4.31 Å². The number of rotatable bonds is 3. The maximum atomic E-state index is 12.7. The highest BCUT2D eigenvalue weighted by Gasteiger charge is 2.44. The highest BCUT2D eigenvalue weighted by molar-refractivity contribution is 7.89. The Balaban J connectivity index is 1.97. The van der Waals surface area contributed by atoms with Gasteiger partial charge in [0.05, 0.1) is 10.3 Å². The largest absolute Gasteiger partial charge is 0.481 e. The quantitative estimate of drug-likeness (QED) is 0.942. The van der Waals surface area contributed by atoms with Crippen LogP contribution in [-0.2, 0) is 14.8 Å². The lowest BCUT2D eigenvalue weighted by atomic mass is 9.90. The van der Waals surface area contributed by atoms with Gasteiger partial charge in [0.1, 0.15) is 0 Å². The second-order valence-corrected chi connectivity index (χ2v) is 7.90. The number of nitrogens with zero attached hydrogens (tertiary/aromatic N) is 1. The Bertz CT molecular complexity index is 846. The average molecular weight is 319 g/mol. The smallest absolute Gasteiger partial charge is 0.310 e. The molecule has 1 saturated heterocycles. The third kappa shape index (κ3) is 2.38. The summed E-state index contributed by atoms with van der Waals surface area (Å²) in [5, 5.41) is 11.1. The van der Waals surface area contributed by atoms with Crippen LogP contribution in [0.2, 0.25) is 0 Å². The van der Waals surface area contributed by atoms with Gasteiger partial charge >= 0.3 is 5.97 Å². The van der Waals surface area contributed by atoms with E-state index in [-0.39, 0.29) is 18.0 Å². The Morgan fingerprint density at radius 3 is 2.50 bits per heavy atom. The summed E-state index contributed by atoms with van der Waals surface area (Å²) in [4.78, 5) is 11.5. The zero-order chi connectivity index (χ0) is 16.0. The summed E-state index contributed by atoms with van der Waals surface area (Å²) in [5.41, 5.74) is -1.01. The number of hydrogen-bond donors (Lipinski definition) is 1. The molecule has 1 aliphatic heterocycles. The monoisotopic (exact) mass is 319 g/mol. The Morgan fingerprint density at radius 1 is 1.18 bits per heavy atom. The van der Waals surface area contributed by atoms with Gasteiger partial charge in [0.15, 0.2) is 0 Å². The summed E-state index contributed by atoms with van der Waals surface area (Å²) in [6.07, 6.45) is 0.329. The van der Waals surface area contributed by atoms with Crippen LogP contribution in [0.25, 0.3) is 10.8 Å². The van der Waals surface area contributed by atoms with Crippen molar-refractivity contribution in [2.45, 2.75) is 18.2 Å². The minimum Gasteiger partial charge on any atom is -0.481 e. The van der Waals surface area contributed by atoms with E-state index in [1.807, 2.05) is 24.3 Å². The van der Waals surface area contributed by atoms with Crippen molar-refractivity contribution in [2.75, 3.05) is 13.1 Å². The maximum Gasteiger partial charge on any atom is 0.310 e. The highest BCUT2D eigenvalue weighted by atomic mass is 32.2. The molecule has 0 radical (unpaired) electrons. The normalized spacial score (nSPS) is 23.0. The molecule has 0 bridgehead atoms. The maximum absolute atomic E-state index is 12.7. The molecular weight excluding hydrogens is 302 g/mol. The average Bonchev–Trinajstić information content (AvgIpc) is 2.91. The van der Waals surface area contributed by atoms with E-state index in [0.29, 0.717) is 6.42 Å². The van der Waals surface area contributed by atoms with Crippen molar-refractivity contribution >= 4 is 26.8 Å². The Morgan fingerprint density at radius 2 is 1.86 bits per heavy atom. The molecule has 22 heavy (non-hydrogen) atoms. The summed E-state index contributed by atoms with van der Waals surface area (Å²) in [5.74, 6) is -0.955. The predicted molar refractivity (Wildman–Crippen MR) is 83.1 cm³/mol. The number of carboxylic acid groups (broad SMARTS) is 1. The molecule has 1 N–H and O–H groups in total. The molecule has 116 valence electrons. The zero-order valence-corrected chi connectivity index (χ0v) is 13.0. The van der Waals surface area contributed by atoms with Crippen LogP contribution in [0.15, 0.2) is 47.4 Å². The fraction of sp³-hybridized carbons (Fsp3) is 0.312. The van der Waals surface area contributed by atoms with Crippen LogP contribution in [0, 0.1) is 5.41 Å². The number of carbonyl (C=O) groups is 1. The lowest BCUT2D eigenvalue weighted by molar-refractivity contribution is -0.146. The van der Waals surface area contributed by atoms with Crippen LogP contribution < -0.4 is 0 Å². The summed E-state index contributed by atoms with van der Waals surface area (Å²) >= 11 is 0. The number of fused-ring (bicyclic) bond motifs is 1. The van der Waals surface area contributed by atoms with Crippen molar-refractivity contribution < 1.29 is 18.3 Å². The van der Waals surface area contributed by atoms with Crippen molar-refractivity contribution in [1.82, 2.24) is 4.31 Å². The predicted octanol–water partition coefficient (Wildman–Crippen LogP) is 2.33. The Hall–Kier alpha value is -1.92. The molecule has 0 aromatic heterocycles. The molecule has 2 aromatic carbocycles. The first-order valence-electron chi connectivity index (χ1n) is 7.05. The highest BCUT2D eigenvalue weighted by Crippen LogP contribution is 2.34. The first kappa shape index (κ1) is 15.0. The Kier molecular flexibility index (Phi) is 3.45. The molecule has 1 heterocycles. The van der Waals surface area contributed by atoms with Crippen LogP contribution in [-0.4, -0.2) is 36.9 Å². The molecule has 6 heteroatoms. The lowest BCUT2D eigenvalue weighted by Gasteiger charge is -2.20. The summed E-state index contributed by atoms with van der Waals surface area (Å²) in [6, 6.07) is 12.5. The third-order valence-electron chi connectivity index (χ3n) is 4.31. The summed E-state index contributed by atoms with van der Waals surface area (Å²) in [6.45, 7) is 1.83. The molecule has 1 fully saturated rings. The molecule has 0 aliphatic carbocycles. The van der Waals surface area contributed by atoms with Gasteiger partial charge in [-0.25, -0.2) is 8.42 Å². The first-order valence-corrected chi connectivity index (χ1v) is 8.49. The minimum atomic E-state index is -3.66.